The zero-order chi connectivity index (χ0) is 17.1. The molecule has 1 atom stereocenters. The van der Waals surface area contributed by atoms with Gasteiger partial charge in [0.2, 0.25) is 0 Å². The molecule has 0 saturated carbocycles. The molecule has 0 aliphatic carbocycles. The molecule has 0 fully saturated rings. The number of amides is 1. The second-order valence-corrected chi connectivity index (χ2v) is 5.85. The van der Waals surface area contributed by atoms with Crippen molar-refractivity contribution in [3.05, 3.63) is 30.0 Å². The number of nitrogens with two attached hydrogens (primary N) is 1. The number of hydrogen-bond donors (Lipinski definition) is 3. The Morgan fingerprint density at radius 1 is 1.43 bits per heavy atom. The van der Waals surface area contributed by atoms with Gasteiger partial charge in [-0.2, -0.15) is 0 Å². The van der Waals surface area contributed by atoms with Crippen LogP contribution in [0.2, 0.25) is 0 Å². The number of phenolic OH excluding ortho intramolecular Hbond substituents is 1. The van der Waals surface area contributed by atoms with Crippen LogP contribution in [0.25, 0.3) is 0 Å². The number of ether oxygens (including phenoxy) is 1. The van der Waals surface area contributed by atoms with Crippen molar-refractivity contribution in [2.24, 2.45) is 5.92 Å². The Morgan fingerprint density at radius 3 is 2.74 bits per heavy atom. The SMILES string of the molecule is CC(C)CC(C(=O)O)N1CC(Oc2cccc(O)c2N)=CC1=O. The summed E-state index contributed by atoms with van der Waals surface area (Å²) in [5.74, 6) is -0.919. The Labute approximate surface area is 134 Å². The summed E-state index contributed by atoms with van der Waals surface area (Å²) in [5, 5.41) is 18.9. The van der Waals surface area contributed by atoms with Crippen LogP contribution in [0.5, 0.6) is 11.5 Å². The molecule has 1 aliphatic rings. The number of carbonyl (C=O) groups is 2. The molecule has 1 aromatic carbocycles. The Kier molecular flexibility index (Phi) is 4.78. The highest BCUT2D eigenvalue weighted by atomic mass is 16.5. The van der Waals surface area contributed by atoms with Gasteiger partial charge in [-0.3, -0.25) is 4.79 Å². The average Bonchev–Trinajstić information content (AvgIpc) is 2.81. The van der Waals surface area contributed by atoms with Gasteiger partial charge in [-0.25, -0.2) is 4.79 Å². The maximum atomic E-state index is 12.1. The number of carboxylic acids is 1. The van der Waals surface area contributed by atoms with Gasteiger partial charge in [-0.15, -0.1) is 0 Å². The second kappa shape index (κ2) is 6.60. The average molecular weight is 320 g/mol. The molecule has 7 heteroatoms. The minimum absolute atomic E-state index is 0.0532. The predicted molar refractivity (Wildman–Crippen MR) is 83.8 cm³/mol. The molecule has 0 spiro atoms. The Hall–Kier alpha value is -2.70. The number of nitrogens with zero attached hydrogens (tertiary/aromatic N) is 1. The molecule has 1 unspecified atom stereocenters. The van der Waals surface area contributed by atoms with E-state index < -0.39 is 17.9 Å². The number of carboxylic acid groups (broad SMARTS) is 1. The van der Waals surface area contributed by atoms with Crippen molar-refractivity contribution in [1.29, 1.82) is 0 Å². The summed E-state index contributed by atoms with van der Waals surface area (Å²) >= 11 is 0. The normalized spacial score (nSPS) is 15.7. The fraction of sp³-hybridized carbons (Fsp3) is 0.375. The smallest absolute Gasteiger partial charge is 0.326 e. The molecule has 0 aromatic heterocycles. The van der Waals surface area contributed by atoms with Crippen LogP contribution in [0, 0.1) is 5.92 Å². The third-order valence-corrected chi connectivity index (χ3v) is 3.53. The van der Waals surface area contributed by atoms with Crippen LogP contribution in [-0.4, -0.2) is 39.6 Å². The molecular formula is C16H20N2O5. The van der Waals surface area contributed by atoms with Gasteiger partial charge >= 0.3 is 5.97 Å². The van der Waals surface area contributed by atoms with Gasteiger partial charge < -0.3 is 25.6 Å². The van der Waals surface area contributed by atoms with Crippen molar-refractivity contribution >= 4 is 17.6 Å². The Morgan fingerprint density at radius 2 is 2.13 bits per heavy atom. The summed E-state index contributed by atoms with van der Waals surface area (Å²) in [4.78, 5) is 24.8. The van der Waals surface area contributed by atoms with Gasteiger partial charge in [0.25, 0.3) is 5.91 Å². The molecule has 23 heavy (non-hydrogen) atoms. The van der Waals surface area contributed by atoms with Crippen LogP contribution in [0.3, 0.4) is 0 Å². The summed E-state index contributed by atoms with van der Waals surface area (Å²) in [5.41, 5.74) is 5.78. The standard InChI is InChI=1S/C16H20N2O5/c1-9(2)6-11(16(21)22)18-8-10(7-14(18)20)23-13-5-3-4-12(19)15(13)17/h3-5,7,9,11,19H,6,8,17H2,1-2H3,(H,21,22). The van der Waals surface area contributed by atoms with Crippen molar-refractivity contribution in [2.75, 3.05) is 12.3 Å². The lowest BCUT2D eigenvalue weighted by Crippen LogP contribution is -2.43. The minimum Gasteiger partial charge on any atom is -0.506 e. The molecule has 1 amide bonds. The Balaban J connectivity index is 2.13. The zero-order valence-electron chi connectivity index (χ0n) is 13.0. The molecule has 2 rings (SSSR count). The topological polar surface area (TPSA) is 113 Å². The maximum absolute atomic E-state index is 12.1. The molecule has 0 saturated heterocycles. The van der Waals surface area contributed by atoms with E-state index in [-0.39, 0.29) is 29.6 Å². The molecule has 0 bridgehead atoms. The number of phenols is 1. The van der Waals surface area contributed by atoms with Crippen molar-refractivity contribution in [2.45, 2.75) is 26.3 Å². The van der Waals surface area contributed by atoms with Gasteiger partial charge in [0.05, 0.1) is 6.54 Å². The highest BCUT2D eigenvalue weighted by molar-refractivity contribution is 5.94. The van der Waals surface area contributed by atoms with Crippen LogP contribution in [0.1, 0.15) is 20.3 Å². The summed E-state index contributed by atoms with van der Waals surface area (Å²) in [6.07, 6.45) is 1.61. The number of carbonyl (C=O) groups excluding carboxylic acids is 1. The highest BCUT2D eigenvalue weighted by Gasteiger charge is 2.34. The van der Waals surface area contributed by atoms with Crippen LogP contribution in [0.4, 0.5) is 5.69 Å². The van der Waals surface area contributed by atoms with Crippen LogP contribution in [0.15, 0.2) is 30.0 Å². The van der Waals surface area contributed by atoms with Gasteiger partial charge in [-0.05, 0) is 24.5 Å². The number of anilines is 1. The largest absolute Gasteiger partial charge is 0.506 e. The lowest BCUT2D eigenvalue weighted by Gasteiger charge is -2.25. The number of para-hydroxylation sites is 1. The van der Waals surface area contributed by atoms with E-state index in [2.05, 4.69) is 0 Å². The predicted octanol–water partition coefficient (Wildman–Crippen LogP) is 1.58. The van der Waals surface area contributed by atoms with Crippen molar-refractivity contribution in [3.63, 3.8) is 0 Å². The van der Waals surface area contributed by atoms with Gasteiger partial charge in [0, 0.05) is 6.08 Å². The summed E-state index contributed by atoms with van der Waals surface area (Å²) in [7, 11) is 0. The quantitative estimate of drug-likeness (QED) is 0.542. The van der Waals surface area contributed by atoms with Crippen LogP contribution in [-0.2, 0) is 9.59 Å². The first-order valence-corrected chi connectivity index (χ1v) is 7.29. The third-order valence-electron chi connectivity index (χ3n) is 3.53. The third kappa shape index (κ3) is 3.74. The number of nitrogen functional groups attached to an aromatic ring is 1. The van der Waals surface area contributed by atoms with Crippen molar-refractivity contribution in [1.82, 2.24) is 4.90 Å². The summed E-state index contributed by atoms with van der Waals surface area (Å²) in [6.45, 7) is 3.85. The van der Waals surface area contributed by atoms with E-state index >= 15 is 0 Å². The molecule has 7 nitrogen and oxygen atoms in total. The van der Waals surface area contributed by atoms with E-state index in [0.717, 1.165) is 0 Å². The van der Waals surface area contributed by atoms with E-state index in [1.165, 1.54) is 17.0 Å². The second-order valence-electron chi connectivity index (χ2n) is 5.85. The molecule has 1 aromatic rings. The lowest BCUT2D eigenvalue weighted by molar-refractivity contribution is -0.148. The lowest BCUT2D eigenvalue weighted by atomic mass is 10.0. The first-order valence-electron chi connectivity index (χ1n) is 7.29. The molecule has 1 aliphatic heterocycles. The van der Waals surface area contributed by atoms with Crippen molar-refractivity contribution in [3.8, 4) is 11.5 Å². The maximum Gasteiger partial charge on any atom is 0.326 e. The first kappa shape index (κ1) is 16.7. The molecule has 0 radical (unpaired) electrons. The van der Waals surface area contributed by atoms with E-state index in [1.54, 1.807) is 12.1 Å². The van der Waals surface area contributed by atoms with Crippen LogP contribution < -0.4 is 10.5 Å². The molecular weight excluding hydrogens is 300 g/mol. The number of rotatable bonds is 6. The number of benzene rings is 1. The van der Waals surface area contributed by atoms with Gasteiger partial charge in [0.1, 0.15) is 23.2 Å². The van der Waals surface area contributed by atoms with Gasteiger partial charge in [-0.1, -0.05) is 19.9 Å². The summed E-state index contributed by atoms with van der Waals surface area (Å²) < 4.78 is 5.54. The minimum atomic E-state index is -1.04. The van der Waals surface area contributed by atoms with E-state index in [4.69, 9.17) is 10.5 Å². The first-order chi connectivity index (χ1) is 10.8. The Bertz CT molecular complexity index is 654. The monoisotopic (exact) mass is 320 g/mol. The highest BCUT2D eigenvalue weighted by Crippen LogP contribution is 2.32. The number of aliphatic carboxylic acids is 1. The van der Waals surface area contributed by atoms with E-state index in [1.807, 2.05) is 13.8 Å². The zero-order valence-corrected chi connectivity index (χ0v) is 13.0. The van der Waals surface area contributed by atoms with E-state index in [0.29, 0.717) is 12.2 Å². The fourth-order valence-corrected chi connectivity index (χ4v) is 2.41. The van der Waals surface area contributed by atoms with Crippen molar-refractivity contribution < 1.29 is 24.5 Å². The fourth-order valence-electron chi connectivity index (χ4n) is 2.41. The summed E-state index contributed by atoms with van der Waals surface area (Å²) in [6, 6.07) is 3.65. The van der Waals surface area contributed by atoms with Gasteiger partial charge in [0.15, 0.2) is 5.75 Å². The molecule has 4 N–H and O–H groups in total. The molecule has 124 valence electrons. The van der Waals surface area contributed by atoms with Crippen LogP contribution >= 0.6 is 0 Å². The van der Waals surface area contributed by atoms with E-state index in [9.17, 15) is 19.8 Å². The molecule has 1 heterocycles. The number of aromatic hydroxyl groups is 1. The number of hydrogen-bond acceptors (Lipinski definition) is 5.